The van der Waals surface area contributed by atoms with Gasteiger partial charge in [0.25, 0.3) is 5.84 Å². The summed E-state index contributed by atoms with van der Waals surface area (Å²) in [4.78, 5) is 45.4. The fourth-order valence-electron chi connectivity index (χ4n) is 5.09. The second-order valence-corrected chi connectivity index (χ2v) is 11.1. The van der Waals surface area contributed by atoms with Crippen molar-refractivity contribution in [2.45, 2.75) is 11.8 Å². The molecule has 9 nitrogen and oxygen atoms in total. The first kappa shape index (κ1) is 24.6. The fourth-order valence-corrected chi connectivity index (χ4v) is 6.02. The Labute approximate surface area is 224 Å². The van der Waals surface area contributed by atoms with E-state index in [-0.39, 0.29) is 27.8 Å². The number of allylic oxidation sites excluding steroid dienone is 1. The number of imide groups is 1. The monoisotopic (exact) mass is 540 g/mol. The van der Waals surface area contributed by atoms with Gasteiger partial charge in [-0.2, -0.15) is 17.9 Å². The topological polar surface area (TPSA) is 113 Å². The molecule has 2 aliphatic heterocycles. The van der Waals surface area contributed by atoms with Crippen LogP contribution in [0.25, 0.3) is 5.57 Å². The van der Waals surface area contributed by atoms with Crippen molar-refractivity contribution in [2.75, 3.05) is 14.1 Å². The highest BCUT2D eigenvalue weighted by Gasteiger charge is 2.52. The molecule has 3 aliphatic rings. The van der Waals surface area contributed by atoms with E-state index in [1.807, 2.05) is 6.92 Å². The largest absolute Gasteiger partial charge is 0.445 e. The summed E-state index contributed by atoms with van der Waals surface area (Å²) in [5, 5.41) is 0. The minimum Gasteiger partial charge on any atom is -0.379 e. The Morgan fingerprint density at radius 2 is 1.54 bits per heavy atom. The molecule has 0 aromatic heterocycles. The number of amidine groups is 1. The average molecular weight is 541 g/mol. The Kier molecular flexibility index (Phi) is 5.47. The van der Waals surface area contributed by atoms with Gasteiger partial charge in [-0.25, -0.2) is 9.59 Å². The van der Waals surface area contributed by atoms with E-state index >= 15 is 0 Å². The number of likely N-dealkylation sites (N-methyl/N-ethyl adjacent to an activating group) is 1. The lowest BCUT2D eigenvalue weighted by atomic mass is 9.81. The van der Waals surface area contributed by atoms with Crippen molar-refractivity contribution in [2.24, 2.45) is 10.9 Å². The minimum atomic E-state index is -4.07. The molecule has 10 heteroatoms. The molecule has 6 rings (SSSR count). The number of hydrogen-bond donors (Lipinski definition) is 0. The number of amides is 3. The molecule has 2 heterocycles. The van der Waals surface area contributed by atoms with Gasteiger partial charge in [0, 0.05) is 11.1 Å². The first-order valence-corrected chi connectivity index (χ1v) is 13.5. The minimum absolute atomic E-state index is 0.0207. The summed E-state index contributed by atoms with van der Waals surface area (Å²) in [7, 11) is -1.17. The molecule has 1 atom stereocenters. The number of dihydropyridines is 1. The molecule has 0 N–H and O–H groups in total. The Hall–Kier alpha value is -4.70. The maximum Gasteiger partial charge on any atom is 0.445 e. The van der Waals surface area contributed by atoms with Crippen molar-refractivity contribution in [3.8, 4) is 5.75 Å². The predicted octanol–water partition coefficient (Wildman–Crippen LogP) is 3.46. The highest BCUT2D eigenvalue weighted by atomic mass is 32.2. The number of carbonyl (C=O) groups is 3. The SMILES string of the molecule is Cc1ccc(S(=O)(=O)Oc2ccc(C3=C4C(=O)N(C)C(=O)[N+](C)=C4N=C4c5ccccc5C(=O)C43)cc2)cc1. The lowest BCUT2D eigenvalue weighted by molar-refractivity contribution is -0.403. The van der Waals surface area contributed by atoms with Gasteiger partial charge in [0.15, 0.2) is 5.78 Å². The zero-order valence-corrected chi connectivity index (χ0v) is 22.0. The number of ketones is 1. The van der Waals surface area contributed by atoms with Crippen molar-refractivity contribution in [1.82, 2.24) is 4.90 Å². The number of hydrogen-bond acceptors (Lipinski definition) is 7. The van der Waals surface area contributed by atoms with E-state index in [0.29, 0.717) is 28.0 Å². The molecule has 3 amide bonds. The van der Waals surface area contributed by atoms with Crippen LogP contribution in [0.1, 0.15) is 27.0 Å². The molecule has 0 saturated carbocycles. The first-order valence-electron chi connectivity index (χ1n) is 12.1. The average Bonchev–Trinajstić information content (AvgIpc) is 3.22. The Morgan fingerprint density at radius 3 is 2.21 bits per heavy atom. The zero-order valence-electron chi connectivity index (χ0n) is 21.2. The summed E-state index contributed by atoms with van der Waals surface area (Å²) in [6.07, 6.45) is 0. The lowest BCUT2D eigenvalue weighted by Gasteiger charge is -2.27. The van der Waals surface area contributed by atoms with Crippen LogP contribution in [0.2, 0.25) is 0 Å². The molecule has 3 aromatic rings. The van der Waals surface area contributed by atoms with Crippen LogP contribution in [0.3, 0.4) is 0 Å². The van der Waals surface area contributed by atoms with Gasteiger partial charge >= 0.3 is 22.1 Å². The van der Waals surface area contributed by atoms with E-state index in [9.17, 15) is 22.8 Å². The highest BCUT2D eigenvalue weighted by molar-refractivity contribution is 7.87. The summed E-state index contributed by atoms with van der Waals surface area (Å²) in [5.74, 6) is -1.40. The Morgan fingerprint density at radius 1 is 0.897 bits per heavy atom. The molecule has 3 aromatic carbocycles. The van der Waals surface area contributed by atoms with Crippen LogP contribution in [0.15, 0.2) is 88.3 Å². The van der Waals surface area contributed by atoms with Crippen LogP contribution >= 0.6 is 0 Å². The molecule has 1 unspecified atom stereocenters. The molecule has 0 bridgehead atoms. The van der Waals surface area contributed by atoms with Crippen LogP contribution in [-0.2, 0) is 14.9 Å². The van der Waals surface area contributed by atoms with Crippen molar-refractivity contribution in [3.05, 3.63) is 101 Å². The normalized spacial score (nSPS) is 18.6. The molecule has 194 valence electrons. The van der Waals surface area contributed by atoms with Crippen LogP contribution in [-0.4, -0.2) is 61.3 Å². The fraction of sp³-hybridized carbons (Fsp3) is 0.138. The van der Waals surface area contributed by atoms with Crippen LogP contribution in [0, 0.1) is 12.8 Å². The Bertz CT molecular complexity index is 1820. The molecule has 0 radical (unpaired) electrons. The van der Waals surface area contributed by atoms with E-state index in [0.717, 1.165) is 10.5 Å². The summed E-state index contributed by atoms with van der Waals surface area (Å²) < 4.78 is 32.2. The summed E-state index contributed by atoms with van der Waals surface area (Å²) in [6.45, 7) is 1.85. The number of Topliss-reactive ketones (excluding diaryl/α,β-unsaturated/α-hetero) is 1. The number of urea groups is 1. The van der Waals surface area contributed by atoms with E-state index in [1.165, 1.54) is 42.9 Å². The van der Waals surface area contributed by atoms with Gasteiger partial charge in [-0.1, -0.05) is 54.1 Å². The zero-order chi connectivity index (χ0) is 27.6. The molecule has 0 spiro atoms. The van der Waals surface area contributed by atoms with E-state index in [4.69, 9.17) is 4.18 Å². The number of nitrogens with zero attached hydrogens (tertiary/aromatic N) is 3. The van der Waals surface area contributed by atoms with Gasteiger partial charge in [0.1, 0.15) is 27.8 Å². The summed E-state index contributed by atoms with van der Waals surface area (Å²) >= 11 is 0. The van der Waals surface area contributed by atoms with Crippen molar-refractivity contribution < 1.29 is 31.6 Å². The van der Waals surface area contributed by atoms with Crippen molar-refractivity contribution >= 4 is 45.0 Å². The van der Waals surface area contributed by atoms with E-state index < -0.39 is 28.0 Å². The third-order valence-corrected chi connectivity index (χ3v) is 8.36. The van der Waals surface area contributed by atoms with Gasteiger partial charge in [-0.15, -0.1) is 4.99 Å². The predicted molar refractivity (Wildman–Crippen MR) is 143 cm³/mol. The quantitative estimate of drug-likeness (QED) is 0.370. The number of carbonyl (C=O) groups excluding carboxylic acids is 3. The molecule has 0 saturated heterocycles. The second-order valence-electron chi connectivity index (χ2n) is 9.53. The molecular formula is C29H22N3O6S+. The maximum absolute atomic E-state index is 13.6. The highest BCUT2D eigenvalue weighted by Crippen LogP contribution is 2.43. The standard InChI is InChI=1S/C29H22N3O6S/c1-16-8-14-19(15-9-16)39(36,37)38-18-12-10-17(11-13-18)22-23-25(20-6-4-5-7-21(20)26(23)33)30-27-24(22)28(34)32(3)29(35)31(27)2/h4-15,23H,1-3H3/q+1. The number of rotatable bonds is 4. The van der Waals surface area contributed by atoms with Crippen molar-refractivity contribution in [3.63, 3.8) is 0 Å². The number of aryl methyl sites for hydroxylation is 1. The smallest absolute Gasteiger partial charge is 0.379 e. The molecule has 1 aliphatic carbocycles. The first-order chi connectivity index (χ1) is 18.6. The van der Waals surface area contributed by atoms with Gasteiger partial charge < -0.3 is 4.18 Å². The van der Waals surface area contributed by atoms with Gasteiger partial charge in [0.2, 0.25) is 0 Å². The van der Waals surface area contributed by atoms with E-state index in [2.05, 4.69) is 4.99 Å². The maximum atomic E-state index is 13.6. The number of benzene rings is 3. The van der Waals surface area contributed by atoms with Crippen molar-refractivity contribution in [1.29, 1.82) is 0 Å². The summed E-state index contributed by atoms with van der Waals surface area (Å²) in [6, 6.07) is 19.0. The van der Waals surface area contributed by atoms with E-state index in [1.54, 1.807) is 48.5 Å². The third-order valence-electron chi connectivity index (χ3n) is 7.10. The van der Waals surface area contributed by atoms with Gasteiger partial charge in [-0.3, -0.25) is 4.79 Å². The Balaban J connectivity index is 1.47. The number of fused-ring (bicyclic) bond motifs is 4. The molecule has 39 heavy (non-hydrogen) atoms. The molecular weight excluding hydrogens is 518 g/mol. The van der Waals surface area contributed by atoms with Gasteiger partial charge in [-0.05, 0) is 42.3 Å². The number of aliphatic imine (C=N–C) groups is 1. The second kappa shape index (κ2) is 8.67. The van der Waals surface area contributed by atoms with Gasteiger partial charge in [0.05, 0.1) is 14.1 Å². The van der Waals surface area contributed by atoms with Crippen LogP contribution < -0.4 is 4.18 Å². The lowest BCUT2D eigenvalue weighted by Crippen LogP contribution is -2.49. The third kappa shape index (κ3) is 3.75. The molecule has 0 fully saturated rings. The van der Waals surface area contributed by atoms with Crippen LogP contribution in [0.4, 0.5) is 4.79 Å². The summed E-state index contributed by atoms with van der Waals surface area (Å²) in [5.41, 5.74) is 3.56. The van der Waals surface area contributed by atoms with Crippen LogP contribution in [0.5, 0.6) is 5.75 Å².